The number of nitrogens with one attached hydrogen (secondary N) is 1. The normalized spacial score (nSPS) is 17.5. The molecule has 1 aliphatic heterocycles. The second-order valence-electron chi connectivity index (χ2n) is 5.09. The topological polar surface area (TPSA) is 75.7 Å². The SMILES string of the molecule is Cc1ccc(S(=O)(=O)N[C@H](C)C(=O)N2CCOCC2)cc1. The van der Waals surface area contributed by atoms with Crippen molar-refractivity contribution in [2.24, 2.45) is 0 Å². The minimum absolute atomic E-state index is 0.162. The van der Waals surface area contributed by atoms with Gasteiger partial charge >= 0.3 is 0 Å². The fourth-order valence-corrected chi connectivity index (χ4v) is 3.32. The Hall–Kier alpha value is -1.44. The quantitative estimate of drug-likeness (QED) is 0.879. The maximum absolute atomic E-state index is 12.2. The fourth-order valence-electron chi connectivity index (χ4n) is 2.13. The first-order valence-corrected chi connectivity index (χ1v) is 8.34. The Bertz CT molecular complexity index is 592. The van der Waals surface area contributed by atoms with Gasteiger partial charge in [-0.25, -0.2) is 8.42 Å². The van der Waals surface area contributed by atoms with Crippen LogP contribution in [0, 0.1) is 6.92 Å². The molecule has 1 aliphatic rings. The first kappa shape index (κ1) is 15.9. The second kappa shape index (κ2) is 6.55. The highest BCUT2D eigenvalue weighted by Gasteiger charge is 2.26. The van der Waals surface area contributed by atoms with Crippen molar-refractivity contribution in [1.82, 2.24) is 9.62 Å². The fraction of sp³-hybridized carbons (Fsp3) is 0.500. The second-order valence-corrected chi connectivity index (χ2v) is 6.81. The van der Waals surface area contributed by atoms with E-state index >= 15 is 0 Å². The Morgan fingerprint density at radius 1 is 1.24 bits per heavy atom. The van der Waals surface area contributed by atoms with E-state index in [2.05, 4.69) is 4.72 Å². The van der Waals surface area contributed by atoms with Crippen molar-refractivity contribution < 1.29 is 17.9 Å². The largest absolute Gasteiger partial charge is 0.378 e. The van der Waals surface area contributed by atoms with Crippen molar-refractivity contribution in [1.29, 1.82) is 0 Å². The molecule has 0 unspecified atom stereocenters. The highest BCUT2D eigenvalue weighted by atomic mass is 32.2. The lowest BCUT2D eigenvalue weighted by Crippen LogP contribution is -2.50. The van der Waals surface area contributed by atoms with Crippen LogP contribution < -0.4 is 4.72 Å². The third-order valence-corrected chi connectivity index (χ3v) is 4.91. The van der Waals surface area contributed by atoms with Crippen LogP contribution in [0.15, 0.2) is 29.2 Å². The van der Waals surface area contributed by atoms with Gasteiger partial charge in [0.2, 0.25) is 15.9 Å². The van der Waals surface area contributed by atoms with Gasteiger partial charge in [-0.3, -0.25) is 4.79 Å². The summed E-state index contributed by atoms with van der Waals surface area (Å²) in [5, 5.41) is 0. The molecule has 1 fully saturated rings. The van der Waals surface area contributed by atoms with Gasteiger partial charge in [0.15, 0.2) is 0 Å². The van der Waals surface area contributed by atoms with Gasteiger partial charge in [0, 0.05) is 13.1 Å². The molecule has 116 valence electrons. The molecule has 6 nitrogen and oxygen atoms in total. The van der Waals surface area contributed by atoms with Crippen LogP contribution in [0.3, 0.4) is 0 Å². The average Bonchev–Trinajstić information content (AvgIpc) is 2.47. The molecule has 1 amide bonds. The van der Waals surface area contributed by atoms with Gasteiger partial charge < -0.3 is 9.64 Å². The first-order valence-electron chi connectivity index (χ1n) is 6.86. The Balaban J connectivity index is 2.05. The molecule has 7 heteroatoms. The number of sulfonamides is 1. The van der Waals surface area contributed by atoms with Crippen molar-refractivity contribution in [3.05, 3.63) is 29.8 Å². The molecule has 0 radical (unpaired) electrons. The van der Waals surface area contributed by atoms with Crippen LogP contribution in [0.4, 0.5) is 0 Å². The molecule has 2 rings (SSSR count). The van der Waals surface area contributed by atoms with Gasteiger partial charge in [-0.2, -0.15) is 4.72 Å². The minimum atomic E-state index is -3.69. The van der Waals surface area contributed by atoms with Crippen LogP contribution >= 0.6 is 0 Å². The Labute approximate surface area is 125 Å². The molecular weight excluding hydrogens is 292 g/mol. The Kier molecular flexibility index (Phi) is 4.97. The molecule has 21 heavy (non-hydrogen) atoms. The zero-order valence-electron chi connectivity index (χ0n) is 12.2. The molecule has 1 saturated heterocycles. The summed E-state index contributed by atoms with van der Waals surface area (Å²) in [5.41, 5.74) is 0.978. The summed E-state index contributed by atoms with van der Waals surface area (Å²) in [5.74, 6) is -0.228. The number of hydrogen-bond acceptors (Lipinski definition) is 4. The van der Waals surface area contributed by atoms with Gasteiger partial charge in [0.05, 0.1) is 24.2 Å². The van der Waals surface area contributed by atoms with Gasteiger partial charge in [-0.05, 0) is 26.0 Å². The lowest BCUT2D eigenvalue weighted by atomic mass is 10.2. The van der Waals surface area contributed by atoms with Gasteiger partial charge in [0.1, 0.15) is 0 Å². The third kappa shape index (κ3) is 4.03. The highest BCUT2D eigenvalue weighted by Crippen LogP contribution is 2.11. The van der Waals surface area contributed by atoms with E-state index in [1.807, 2.05) is 6.92 Å². The molecule has 0 aliphatic carbocycles. The molecule has 1 aromatic rings. The highest BCUT2D eigenvalue weighted by molar-refractivity contribution is 7.89. The Morgan fingerprint density at radius 3 is 2.38 bits per heavy atom. The van der Waals surface area contributed by atoms with Gasteiger partial charge in [0.25, 0.3) is 0 Å². The van der Waals surface area contributed by atoms with Crippen LogP contribution in [0.5, 0.6) is 0 Å². The third-order valence-electron chi connectivity index (χ3n) is 3.36. The minimum Gasteiger partial charge on any atom is -0.378 e. The number of morpholine rings is 1. The smallest absolute Gasteiger partial charge is 0.241 e. The van der Waals surface area contributed by atoms with Crippen LogP contribution in [-0.2, 0) is 19.6 Å². The van der Waals surface area contributed by atoms with Crippen LogP contribution in [0.1, 0.15) is 12.5 Å². The van der Waals surface area contributed by atoms with Crippen LogP contribution in [-0.4, -0.2) is 51.6 Å². The summed E-state index contributed by atoms with van der Waals surface area (Å²) in [6.07, 6.45) is 0. The predicted molar refractivity (Wildman–Crippen MR) is 78.4 cm³/mol. The van der Waals surface area contributed by atoms with E-state index in [0.29, 0.717) is 26.3 Å². The monoisotopic (exact) mass is 312 g/mol. The first-order chi connectivity index (χ1) is 9.90. The van der Waals surface area contributed by atoms with E-state index in [1.54, 1.807) is 24.0 Å². The molecule has 1 aromatic carbocycles. The molecule has 0 saturated carbocycles. The molecular formula is C14H20N2O4S. The number of hydrogen-bond donors (Lipinski definition) is 1. The molecule has 1 heterocycles. The van der Waals surface area contributed by atoms with Crippen molar-refractivity contribution in [2.45, 2.75) is 24.8 Å². The average molecular weight is 312 g/mol. The number of carbonyl (C=O) groups excluding carboxylic acids is 1. The molecule has 0 spiro atoms. The summed E-state index contributed by atoms with van der Waals surface area (Å²) in [7, 11) is -3.69. The molecule has 0 bridgehead atoms. The number of carbonyl (C=O) groups is 1. The van der Waals surface area contributed by atoms with Gasteiger partial charge in [-0.15, -0.1) is 0 Å². The molecule has 1 atom stereocenters. The van der Waals surface area contributed by atoms with E-state index < -0.39 is 16.1 Å². The summed E-state index contributed by atoms with van der Waals surface area (Å²) >= 11 is 0. The summed E-state index contributed by atoms with van der Waals surface area (Å²) < 4.78 is 32.1. The molecule has 1 N–H and O–H groups in total. The number of ether oxygens (including phenoxy) is 1. The van der Waals surface area contributed by atoms with Crippen LogP contribution in [0.25, 0.3) is 0 Å². The van der Waals surface area contributed by atoms with Crippen molar-refractivity contribution in [3.8, 4) is 0 Å². The lowest BCUT2D eigenvalue weighted by molar-refractivity contribution is -0.136. The van der Waals surface area contributed by atoms with E-state index in [4.69, 9.17) is 4.74 Å². The summed E-state index contributed by atoms with van der Waals surface area (Å²) in [6, 6.07) is 5.72. The van der Waals surface area contributed by atoms with E-state index in [1.165, 1.54) is 12.1 Å². The number of nitrogens with zero attached hydrogens (tertiary/aromatic N) is 1. The van der Waals surface area contributed by atoms with E-state index in [-0.39, 0.29) is 10.8 Å². The number of aryl methyl sites for hydroxylation is 1. The zero-order valence-corrected chi connectivity index (χ0v) is 13.0. The number of amides is 1. The van der Waals surface area contributed by atoms with Gasteiger partial charge in [-0.1, -0.05) is 17.7 Å². The maximum atomic E-state index is 12.2. The maximum Gasteiger partial charge on any atom is 0.241 e. The van der Waals surface area contributed by atoms with Crippen molar-refractivity contribution >= 4 is 15.9 Å². The summed E-state index contributed by atoms with van der Waals surface area (Å²) in [4.78, 5) is 14.0. The van der Waals surface area contributed by atoms with Crippen molar-refractivity contribution in [3.63, 3.8) is 0 Å². The van der Waals surface area contributed by atoms with E-state index in [0.717, 1.165) is 5.56 Å². The predicted octanol–water partition coefficient (Wildman–Crippen LogP) is 0.521. The summed E-state index contributed by atoms with van der Waals surface area (Å²) in [6.45, 7) is 5.41. The molecule has 0 aromatic heterocycles. The number of rotatable bonds is 4. The zero-order chi connectivity index (χ0) is 15.5. The number of benzene rings is 1. The van der Waals surface area contributed by atoms with Crippen LogP contribution in [0.2, 0.25) is 0 Å². The lowest BCUT2D eigenvalue weighted by Gasteiger charge is -2.29. The standard InChI is InChI=1S/C14H20N2O4S/c1-11-3-5-13(6-4-11)21(18,19)15-12(2)14(17)16-7-9-20-10-8-16/h3-6,12,15H,7-10H2,1-2H3/t12-/m1/s1. The van der Waals surface area contributed by atoms with E-state index in [9.17, 15) is 13.2 Å². The Morgan fingerprint density at radius 2 is 1.81 bits per heavy atom. The van der Waals surface area contributed by atoms with Crippen molar-refractivity contribution in [2.75, 3.05) is 26.3 Å².